The summed E-state index contributed by atoms with van der Waals surface area (Å²) in [5.74, 6) is 0. The fourth-order valence-corrected chi connectivity index (χ4v) is 2.42. The highest BCUT2D eigenvalue weighted by molar-refractivity contribution is 6.32. The highest BCUT2D eigenvalue weighted by Crippen LogP contribution is 2.21. The number of rotatable bonds is 3. The minimum Gasteiger partial charge on any atom is -0.379 e. The number of nitrogens with one attached hydrogen (secondary N) is 1. The van der Waals surface area contributed by atoms with E-state index in [0.717, 1.165) is 12.8 Å². The maximum atomic E-state index is 12.3. The number of anilines is 1. The Morgan fingerprint density at radius 3 is 2.60 bits per heavy atom. The molecule has 0 radical (unpaired) electrons. The molecule has 1 N–H and O–H groups in total. The molecule has 5 heteroatoms. The van der Waals surface area contributed by atoms with Crippen LogP contribution in [0.2, 0.25) is 5.02 Å². The number of benzene rings is 1. The van der Waals surface area contributed by atoms with E-state index in [4.69, 9.17) is 11.6 Å². The summed E-state index contributed by atoms with van der Waals surface area (Å²) in [6.45, 7) is 0. The van der Waals surface area contributed by atoms with Crippen LogP contribution in [-0.2, 0) is 0 Å². The van der Waals surface area contributed by atoms with E-state index in [2.05, 4.69) is 22.6 Å². The Hall–Kier alpha value is -2.07. The predicted octanol–water partition coefficient (Wildman–Crippen LogP) is 3.02. The molecule has 0 atom stereocenters. The molecule has 20 heavy (non-hydrogen) atoms. The first-order valence-corrected chi connectivity index (χ1v) is 6.88. The number of hydrogen-bond acceptors (Lipinski definition) is 3. The van der Waals surface area contributed by atoms with Crippen molar-refractivity contribution in [2.24, 2.45) is 0 Å². The van der Waals surface area contributed by atoms with Crippen molar-refractivity contribution in [3.63, 3.8) is 0 Å². The van der Waals surface area contributed by atoms with E-state index in [1.54, 1.807) is 6.20 Å². The fourth-order valence-electron chi connectivity index (χ4n) is 2.24. The Morgan fingerprint density at radius 1 is 1.20 bits per heavy atom. The largest absolute Gasteiger partial charge is 0.379 e. The number of para-hydroxylation sites is 1. The Bertz CT molecular complexity index is 686. The van der Waals surface area contributed by atoms with Crippen LogP contribution in [0.25, 0.3) is 5.69 Å². The monoisotopic (exact) mass is 287 g/mol. The van der Waals surface area contributed by atoms with Crippen molar-refractivity contribution in [1.29, 1.82) is 0 Å². The van der Waals surface area contributed by atoms with Gasteiger partial charge in [0.25, 0.3) is 5.56 Å². The van der Waals surface area contributed by atoms with E-state index < -0.39 is 0 Å². The molecule has 1 heterocycles. The van der Waals surface area contributed by atoms with Crippen LogP contribution in [0, 0.1) is 0 Å². The van der Waals surface area contributed by atoms with E-state index in [-0.39, 0.29) is 10.6 Å². The van der Waals surface area contributed by atoms with Crippen LogP contribution in [0.4, 0.5) is 5.69 Å². The van der Waals surface area contributed by atoms with Gasteiger partial charge in [0, 0.05) is 6.04 Å². The molecule has 0 unspecified atom stereocenters. The van der Waals surface area contributed by atoms with Crippen LogP contribution in [0.1, 0.15) is 12.8 Å². The van der Waals surface area contributed by atoms with Gasteiger partial charge in [0.1, 0.15) is 5.02 Å². The van der Waals surface area contributed by atoms with Crippen LogP contribution in [0.3, 0.4) is 0 Å². The van der Waals surface area contributed by atoms with Gasteiger partial charge in [-0.15, -0.1) is 0 Å². The summed E-state index contributed by atoms with van der Waals surface area (Å²) < 4.78 is 1.31. The van der Waals surface area contributed by atoms with Crippen LogP contribution in [0.15, 0.2) is 53.5 Å². The lowest BCUT2D eigenvalue weighted by Gasteiger charge is -2.15. The SMILES string of the molecule is O=c1c(Cl)c(NC2CC=CC2)cnn1-c1ccccc1. The zero-order chi connectivity index (χ0) is 13.9. The molecule has 0 bridgehead atoms. The summed E-state index contributed by atoms with van der Waals surface area (Å²) in [6.07, 6.45) is 7.72. The lowest BCUT2D eigenvalue weighted by Crippen LogP contribution is -2.24. The Labute approximate surface area is 121 Å². The molecule has 2 aromatic rings. The lowest BCUT2D eigenvalue weighted by atomic mass is 10.2. The van der Waals surface area contributed by atoms with Crippen LogP contribution in [0.5, 0.6) is 0 Å². The summed E-state index contributed by atoms with van der Waals surface area (Å²) in [4.78, 5) is 12.3. The average molecular weight is 288 g/mol. The molecule has 0 spiro atoms. The van der Waals surface area contributed by atoms with Gasteiger partial charge in [-0.25, -0.2) is 0 Å². The normalized spacial score (nSPS) is 14.7. The van der Waals surface area contributed by atoms with Gasteiger partial charge >= 0.3 is 0 Å². The second kappa shape index (κ2) is 5.51. The van der Waals surface area contributed by atoms with E-state index in [1.165, 1.54) is 4.68 Å². The van der Waals surface area contributed by atoms with Gasteiger partial charge in [0.05, 0.1) is 17.6 Å². The van der Waals surface area contributed by atoms with Crippen LogP contribution >= 0.6 is 11.6 Å². The standard InChI is InChI=1S/C15H14ClN3O/c16-14-13(18-11-6-4-5-7-11)10-17-19(15(14)20)12-8-2-1-3-9-12/h1-5,8-11,18H,6-7H2. The average Bonchev–Trinajstić information content (AvgIpc) is 2.98. The Morgan fingerprint density at radius 2 is 1.90 bits per heavy atom. The zero-order valence-corrected chi connectivity index (χ0v) is 11.5. The highest BCUT2D eigenvalue weighted by atomic mass is 35.5. The van der Waals surface area contributed by atoms with Gasteiger partial charge in [-0.2, -0.15) is 9.78 Å². The zero-order valence-electron chi connectivity index (χ0n) is 10.8. The minimum atomic E-state index is -0.311. The number of aromatic nitrogens is 2. The van der Waals surface area contributed by atoms with Crippen molar-refractivity contribution in [2.45, 2.75) is 18.9 Å². The van der Waals surface area contributed by atoms with Gasteiger partial charge in [-0.05, 0) is 25.0 Å². The van der Waals surface area contributed by atoms with Crippen molar-refractivity contribution in [3.8, 4) is 5.69 Å². The molecule has 0 saturated carbocycles. The first kappa shape index (κ1) is 12.9. The number of hydrogen-bond donors (Lipinski definition) is 1. The molecular weight excluding hydrogens is 274 g/mol. The van der Waals surface area contributed by atoms with Gasteiger partial charge < -0.3 is 5.32 Å². The molecule has 4 nitrogen and oxygen atoms in total. The summed E-state index contributed by atoms with van der Waals surface area (Å²) in [7, 11) is 0. The van der Waals surface area contributed by atoms with Gasteiger partial charge in [-0.1, -0.05) is 42.0 Å². The summed E-state index contributed by atoms with van der Waals surface area (Å²) in [5, 5.41) is 7.62. The molecule has 1 aromatic heterocycles. The van der Waals surface area contributed by atoms with Crippen molar-refractivity contribution < 1.29 is 0 Å². The topological polar surface area (TPSA) is 46.9 Å². The predicted molar refractivity (Wildman–Crippen MR) is 80.6 cm³/mol. The van der Waals surface area contributed by atoms with Gasteiger partial charge in [-0.3, -0.25) is 4.79 Å². The summed E-state index contributed by atoms with van der Waals surface area (Å²) >= 11 is 6.17. The maximum absolute atomic E-state index is 12.3. The van der Waals surface area contributed by atoms with E-state index >= 15 is 0 Å². The minimum absolute atomic E-state index is 0.177. The molecule has 0 amide bonds. The second-order valence-corrected chi connectivity index (χ2v) is 5.09. The summed E-state index contributed by atoms with van der Waals surface area (Å²) in [5.41, 5.74) is 0.986. The van der Waals surface area contributed by atoms with E-state index in [0.29, 0.717) is 17.4 Å². The van der Waals surface area contributed by atoms with E-state index in [9.17, 15) is 4.79 Å². The van der Waals surface area contributed by atoms with Crippen molar-refractivity contribution in [1.82, 2.24) is 9.78 Å². The maximum Gasteiger partial charge on any atom is 0.292 e. The highest BCUT2D eigenvalue weighted by Gasteiger charge is 2.15. The van der Waals surface area contributed by atoms with Crippen molar-refractivity contribution >= 4 is 17.3 Å². The van der Waals surface area contributed by atoms with E-state index in [1.807, 2.05) is 30.3 Å². The first-order chi connectivity index (χ1) is 9.75. The van der Waals surface area contributed by atoms with Crippen molar-refractivity contribution in [3.05, 3.63) is 64.1 Å². The Kier molecular flexibility index (Phi) is 3.56. The fraction of sp³-hybridized carbons (Fsp3) is 0.200. The molecule has 0 saturated heterocycles. The summed E-state index contributed by atoms with van der Waals surface area (Å²) in [6, 6.07) is 9.53. The first-order valence-electron chi connectivity index (χ1n) is 6.50. The molecule has 0 fully saturated rings. The molecule has 3 rings (SSSR count). The molecule has 1 aliphatic carbocycles. The molecule has 102 valence electrons. The third kappa shape index (κ3) is 2.47. The molecule has 0 aliphatic heterocycles. The molecule has 1 aliphatic rings. The number of halogens is 1. The second-order valence-electron chi connectivity index (χ2n) is 4.71. The molecular formula is C15H14ClN3O. The van der Waals surface area contributed by atoms with Crippen LogP contribution < -0.4 is 10.9 Å². The lowest BCUT2D eigenvalue weighted by molar-refractivity contribution is 0.770. The van der Waals surface area contributed by atoms with Crippen molar-refractivity contribution in [2.75, 3.05) is 5.32 Å². The van der Waals surface area contributed by atoms with Gasteiger partial charge in [0.15, 0.2) is 0 Å². The van der Waals surface area contributed by atoms with Gasteiger partial charge in [0.2, 0.25) is 0 Å². The third-order valence-corrected chi connectivity index (χ3v) is 3.65. The Balaban J connectivity index is 1.93. The number of nitrogens with zero attached hydrogens (tertiary/aromatic N) is 2. The van der Waals surface area contributed by atoms with Crippen LogP contribution in [-0.4, -0.2) is 15.8 Å². The quantitative estimate of drug-likeness (QED) is 0.883. The third-order valence-electron chi connectivity index (χ3n) is 3.29. The molecule has 1 aromatic carbocycles. The smallest absolute Gasteiger partial charge is 0.292 e.